The van der Waals surface area contributed by atoms with Crippen molar-refractivity contribution in [1.82, 2.24) is 0 Å². The van der Waals surface area contributed by atoms with Gasteiger partial charge < -0.3 is 33.5 Å². The summed E-state index contributed by atoms with van der Waals surface area (Å²) in [7, 11) is -3.47. The number of carbonyl (C=O) groups is 1. The fraction of sp³-hybridized carbons (Fsp3) is 0.839. The zero-order chi connectivity index (χ0) is 29.8. The molecule has 1 unspecified atom stereocenters. The Bertz CT molecular complexity index is 1110. The summed E-state index contributed by atoms with van der Waals surface area (Å²) in [6.07, 6.45) is 7.95. The normalized spacial score (nSPS) is 43.1. The lowest BCUT2D eigenvalue weighted by atomic mass is 9.45. The molecule has 10 atom stereocenters. The van der Waals surface area contributed by atoms with E-state index in [1.165, 1.54) is 0 Å². The average Bonchev–Trinajstić information content (AvgIpc) is 3.37. The molecule has 5 aliphatic rings. The Hall–Kier alpha value is -0.900. The molecule has 9 nitrogen and oxygen atoms in total. The van der Waals surface area contributed by atoms with Crippen LogP contribution in [0.4, 0.5) is 0 Å². The lowest BCUT2D eigenvalue weighted by Crippen LogP contribution is -2.69. The fourth-order valence-electron chi connectivity index (χ4n) is 9.50. The largest absolute Gasteiger partial charge is 0.393 e. The smallest absolute Gasteiger partial charge is 0.356 e. The molecule has 0 aromatic rings. The van der Waals surface area contributed by atoms with Crippen molar-refractivity contribution >= 4 is 13.4 Å². The van der Waals surface area contributed by atoms with Crippen molar-refractivity contribution in [3.63, 3.8) is 0 Å². The molecular formula is C31H49O9P. The van der Waals surface area contributed by atoms with Gasteiger partial charge in [-0.25, -0.2) is 0 Å². The number of aliphatic hydroxyl groups is 2. The third-order valence-electron chi connectivity index (χ3n) is 10.9. The van der Waals surface area contributed by atoms with E-state index in [4.69, 9.17) is 23.3 Å². The molecule has 2 N–H and O–H groups in total. The zero-order valence-electron chi connectivity index (χ0n) is 25.5. The Morgan fingerprint density at radius 3 is 2.56 bits per heavy atom. The topological polar surface area (TPSA) is 121 Å². The van der Waals surface area contributed by atoms with Crippen LogP contribution in [-0.4, -0.2) is 71.9 Å². The van der Waals surface area contributed by atoms with Crippen LogP contribution in [0.1, 0.15) is 80.1 Å². The lowest BCUT2D eigenvalue weighted by Gasteiger charge is -2.61. The molecule has 0 radical (unpaired) electrons. The van der Waals surface area contributed by atoms with Crippen molar-refractivity contribution in [2.45, 2.75) is 110 Å². The van der Waals surface area contributed by atoms with Crippen molar-refractivity contribution in [2.24, 2.45) is 28.6 Å². The molecule has 0 bridgehead atoms. The number of ketones is 1. The summed E-state index contributed by atoms with van der Waals surface area (Å²) in [5.74, 6) is 0.253. The Balaban J connectivity index is 1.47. The molecule has 1 heterocycles. The standard InChI is InChI=1S/C31H49O9P/c1-7-10-26-39-25-16-23-22-12-11-20-15-21(32)13-14-28(20,4)27(22)24(33)17-29(23,5)31(25,40-26)30(6,34)18-36-19-41(35,37-8-2)38-9-3/h13-15,22-27,33-34H,7-12,16-19H2,1-6H3/t22-,23-,24-,25+,26?,27+,28-,29-,30+,31+/m0/s1. The first-order valence-electron chi connectivity index (χ1n) is 15.4. The van der Waals surface area contributed by atoms with Gasteiger partial charge in [-0.2, -0.15) is 0 Å². The molecule has 232 valence electrons. The first kappa shape index (κ1) is 31.5. The number of aliphatic hydroxyl groups excluding tert-OH is 1. The van der Waals surface area contributed by atoms with Crippen LogP contribution in [0.2, 0.25) is 0 Å². The highest BCUT2D eigenvalue weighted by Crippen LogP contribution is 2.71. The quantitative estimate of drug-likeness (QED) is 0.312. The molecule has 0 aromatic carbocycles. The summed E-state index contributed by atoms with van der Waals surface area (Å²) in [5, 5.41) is 24.3. The second-order valence-corrected chi connectivity index (χ2v) is 15.3. The van der Waals surface area contributed by atoms with E-state index in [0.717, 1.165) is 24.8 Å². The monoisotopic (exact) mass is 596 g/mol. The van der Waals surface area contributed by atoms with Crippen LogP contribution in [0.25, 0.3) is 0 Å². The Kier molecular flexibility index (Phi) is 8.63. The summed E-state index contributed by atoms with van der Waals surface area (Å²) in [6.45, 7) is 11.9. The second-order valence-electron chi connectivity index (χ2n) is 13.3. The molecule has 0 amide bonds. The Morgan fingerprint density at radius 2 is 1.90 bits per heavy atom. The summed E-state index contributed by atoms with van der Waals surface area (Å²) in [6, 6.07) is 0. The molecule has 3 saturated carbocycles. The first-order chi connectivity index (χ1) is 19.3. The molecule has 5 rings (SSSR count). The van der Waals surface area contributed by atoms with Gasteiger partial charge in [-0.3, -0.25) is 9.36 Å². The van der Waals surface area contributed by atoms with E-state index >= 15 is 0 Å². The summed E-state index contributed by atoms with van der Waals surface area (Å²) in [5.41, 5.74) is -2.58. The van der Waals surface area contributed by atoms with Gasteiger partial charge in [-0.1, -0.05) is 38.8 Å². The number of hydrogen-bond acceptors (Lipinski definition) is 9. The van der Waals surface area contributed by atoms with Crippen molar-refractivity contribution in [1.29, 1.82) is 0 Å². The van der Waals surface area contributed by atoms with Gasteiger partial charge in [0.2, 0.25) is 0 Å². The molecule has 41 heavy (non-hydrogen) atoms. The van der Waals surface area contributed by atoms with E-state index in [0.29, 0.717) is 19.3 Å². The van der Waals surface area contributed by atoms with E-state index in [2.05, 4.69) is 20.8 Å². The predicted molar refractivity (Wildman–Crippen MR) is 153 cm³/mol. The highest BCUT2D eigenvalue weighted by molar-refractivity contribution is 7.53. The maximum absolute atomic E-state index is 13.1. The lowest BCUT2D eigenvalue weighted by molar-refractivity contribution is -0.263. The minimum atomic E-state index is -3.47. The number of carbonyl (C=O) groups excluding carboxylic acids is 1. The van der Waals surface area contributed by atoms with Gasteiger partial charge in [-0.15, -0.1) is 0 Å². The fourth-order valence-corrected chi connectivity index (χ4v) is 10.8. The number of ether oxygens (including phenoxy) is 3. The van der Waals surface area contributed by atoms with E-state index < -0.39 is 42.7 Å². The minimum Gasteiger partial charge on any atom is -0.393 e. The van der Waals surface area contributed by atoms with E-state index in [9.17, 15) is 19.6 Å². The maximum atomic E-state index is 13.1. The third-order valence-corrected chi connectivity index (χ3v) is 12.7. The summed E-state index contributed by atoms with van der Waals surface area (Å²) >= 11 is 0. The van der Waals surface area contributed by atoms with Crippen LogP contribution < -0.4 is 0 Å². The van der Waals surface area contributed by atoms with Crippen LogP contribution in [0.15, 0.2) is 23.8 Å². The highest BCUT2D eigenvalue weighted by Gasteiger charge is 2.78. The SMILES string of the molecule is CCCC1O[C@@H]2C[C@H]3[C@@H]4CCC5=CC(=O)C=C[C@]5(C)[C@H]4[C@@H](O)C[C@]3(C)[C@]2([C@](C)(O)COCP(=O)(OCC)OCC)O1. The zero-order valence-corrected chi connectivity index (χ0v) is 26.4. The van der Waals surface area contributed by atoms with Gasteiger partial charge in [0, 0.05) is 16.7 Å². The van der Waals surface area contributed by atoms with E-state index in [-0.39, 0.29) is 55.1 Å². The van der Waals surface area contributed by atoms with E-state index in [1.54, 1.807) is 32.9 Å². The Labute approximate surface area is 244 Å². The summed E-state index contributed by atoms with van der Waals surface area (Å²) < 4.78 is 43.2. The number of allylic oxidation sites excluding steroid dienone is 4. The molecule has 10 heteroatoms. The van der Waals surface area contributed by atoms with Crippen molar-refractivity contribution in [2.75, 3.05) is 26.2 Å². The van der Waals surface area contributed by atoms with Crippen molar-refractivity contribution in [3.8, 4) is 0 Å². The summed E-state index contributed by atoms with van der Waals surface area (Å²) in [4.78, 5) is 12.2. The van der Waals surface area contributed by atoms with Crippen LogP contribution >= 0.6 is 7.60 Å². The van der Waals surface area contributed by atoms with Crippen LogP contribution in [-0.2, 0) is 32.6 Å². The van der Waals surface area contributed by atoms with Gasteiger partial charge in [-0.05, 0) is 76.9 Å². The molecule has 4 fully saturated rings. The van der Waals surface area contributed by atoms with Gasteiger partial charge in [0.1, 0.15) is 17.6 Å². The molecule has 1 aliphatic heterocycles. The van der Waals surface area contributed by atoms with Gasteiger partial charge in [0.15, 0.2) is 12.1 Å². The van der Waals surface area contributed by atoms with Crippen molar-refractivity contribution < 1.29 is 42.8 Å². The van der Waals surface area contributed by atoms with Gasteiger partial charge >= 0.3 is 7.60 Å². The van der Waals surface area contributed by atoms with Crippen molar-refractivity contribution in [3.05, 3.63) is 23.8 Å². The number of hydrogen-bond donors (Lipinski definition) is 2. The van der Waals surface area contributed by atoms with Crippen LogP contribution in [0, 0.1) is 28.6 Å². The van der Waals surface area contributed by atoms with E-state index in [1.807, 2.05) is 6.08 Å². The first-order valence-corrected chi connectivity index (χ1v) is 17.2. The third kappa shape index (κ3) is 4.87. The highest BCUT2D eigenvalue weighted by atomic mass is 31.2. The van der Waals surface area contributed by atoms with Gasteiger partial charge in [0.25, 0.3) is 0 Å². The average molecular weight is 597 g/mol. The van der Waals surface area contributed by atoms with Crippen LogP contribution in [0.3, 0.4) is 0 Å². The predicted octanol–water partition coefficient (Wildman–Crippen LogP) is 5.15. The molecule has 0 aromatic heterocycles. The minimum absolute atomic E-state index is 0.0125. The molecule has 4 aliphatic carbocycles. The number of rotatable bonds is 11. The molecular weight excluding hydrogens is 547 g/mol. The number of fused-ring (bicyclic) bond motifs is 7. The molecule has 0 spiro atoms. The molecule has 1 saturated heterocycles. The Morgan fingerprint density at radius 1 is 1.20 bits per heavy atom. The maximum Gasteiger partial charge on any atom is 0.356 e. The van der Waals surface area contributed by atoms with Crippen LogP contribution in [0.5, 0.6) is 0 Å². The second kappa shape index (κ2) is 11.2. The van der Waals surface area contributed by atoms with Gasteiger partial charge in [0.05, 0.1) is 32.0 Å².